The second-order valence-corrected chi connectivity index (χ2v) is 6.32. The van der Waals surface area contributed by atoms with Gasteiger partial charge in [0.2, 0.25) is 0 Å². The summed E-state index contributed by atoms with van der Waals surface area (Å²) >= 11 is 5.94. The molecule has 2 aromatic carbocycles. The Morgan fingerprint density at radius 3 is 2.77 bits per heavy atom. The third kappa shape index (κ3) is 3.11. The zero-order valence-corrected chi connectivity index (χ0v) is 14.6. The van der Waals surface area contributed by atoms with E-state index in [1.807, 2.05) is 37.3 Å². The topological polar surface area (TPSA) is 66.5 Å². The van der Waals surface area contributed by atoms with E-state index in [0.29, 0.717) is 22.5 Å². The van der Waals surface area contributed by atoms with Crippen molar-refractivity contribution >= 4 is 28.5 Å². The van der Waals surface area contributed by atoms with Gasteiger partial charge in [0.15, 0.2) is 5.65 Å². The Morgan fingerprint density at radius 1 is 1.15 bits per heavy atom. The standard InChI is InChI=1S/C19H15ClFN5/c1-11(12-5-3-2-4-6-12)23-15-9-13(7-8-14(15)21)17-18-19(26-25-17)22-10-16(20)24-18/h2-11,23H,1H3,(H,22,25,26)/t11-/m0/s1. The summed E-state index contributed by atoms with van der Waals surface area (Å²) in [6.45, 7) is 1.98. The molecule has 4 aromatic rings. The predicted molar refractivity (Wildman–Crippen MR) is 101 cm³/mol. The van der Waals surface area contributed by atoms with Gasteiger partial charge < -0.3 is 5.32 Å². The van der Waals surface area contributed by atoms with E-state index in [0.717, 1.165) is 11.1 Å². The molecule has 130 valence electrons. The highest BCUT2D eigenvalue weighted by atomic mass is 35.5. The zero-order valence-electron chi connectivity index (χ0n) is 13.9. The minimum atomic E-state index is -0.329. The van der Waals surface area contributed by atoms with E-state index in [2.05, 4.69) is 25.5 Å². The van der Waals surface area contributed by atoms with Gasteiger partial charge in [-0.05, 0) is 30.7 Å². The molecular formula is C19H15ClFN5. The fourth-order valence-electron chi connectivity index (χ4n) is 2.82. The molecule has 2 heterocycles. The lowest BCUT2D eigenvalue weighted by molar-refractivity contribution is 0.627. The van der Waals surface area contributed by atoms with Crippen LogP contribution in [0.15, 0.2) is 54.7 Å². The second kappa shape index (κ2) is 6.72. The van der Waals surface area contributed by atoms with Crippen molar-refractivity contribution in [1.82, 2.24) is 20.2 Å². The number of aromatic nitrogens is 4. The number of anilines is 1. The minimum Gasteiger partial charge on any atom is -0.376 e. The molecule has 0 aliphatic heterocycles. The number of nitrogens with zero attached hydrogens (tertiary/aromatic N) is 3. The number of hydrogen-bond acceptors (Lipinski definition) is 4. The maximum atomic E-state index is 14.3. The van der Waals surface area contributed by atoms with Gasteiger partial charge in [-0.25, -0.2) is 14.4 Å². The molecule has 7 heteroatoms. The van der Waals surface area contributed by atoms with Crippen molar-refractivity contribution in [3.8, 4) is 11.3 Å². The largest absolute Gasteiger partial charge is 0.376 e. The highest BCUT2D eigenvalue weighted by molar-refractivity contribution is 6.29. The van der Waals surface area contributed by atoms with Crippen LogP contribution in [0.1, 0.15) is 18.5 Å². The Hall–Kier alpha value is -2.99. The molecule has 0 saturated heterocycles. The van der Waals surface area contributed by atoms with Gasteiger partial charge in [-0.1, -0.05) is 41.9 Å². The first kappa shape index (κ1) is 16.5. The summed E-state index contributed by atoms with van der Waals surface area (Å²) in [7, 11) is 0. The van der Waals surface area contributed by atoms with Crippen LogP contribution in [0.25, 0.3) is 22.4 Å². The van der Waals surface area contributed by atoms with Crippen LogP contribution in [0.4, 0.5) is 10.1 Å². The van der Waals surface area contributed by atoms with E-state index < -0.39 is 0 Å². The van der Waals surface area contributed by atoms with Crippen molar-refractivity contribution < 1.29 is 4.39 Å². The molecule has 0 fully saturated rings. The number of fused-ring (bicyclic) bond motifs is 1. The first-order valence-corrected chi connectivity index (χ1v) is 8.47. The molecule has 0 bridgehead atoms. The molecule has 0 aliphatic rings. The molecule has 5 nitrogen and oxygen atoms in total. The van der Waals surface area contributed by atoms with E-state index in [-0.39, 0.29) is 17.0 Å². The highest BCUT2D eigenvalue weighted by Crippen LogP contribution is 2.30. The summed E-state index contributed by atoms with van der Waals surface area (Å²) in [5, 5.41) is 10.5. The molecule has 0 saturated carbocycles. The second-order valence-electron chi connectivity index (χ2n) is 5.93. The van der Waals surface area contributed by atoms with Crippen LogP contribution in [0, 0.1) is 5.82 Å². The SMILES string of the molecule is C[C@H](Nc1cc(-c2[nH]nc3ncc(Cl)nc23)ccc1F)c1ccccc1. The van der Waals surface area contributed by atoms with Crippen LogP contribution >= 0.6 is 11.6 Å². The van der Waals surface area contributed by atoms with Crippen molar-refractivity contribution in [3.05, 3.63) is 71.3 Å². The average Bonchev–Trinajstić information content (AvgIpc) is 3.07. The normalized spacial score (nSPS) is 12.3. The molecule has 4 rings (SSSR count). The lowest BCUT2D eigenvalue weighted by Crippen LogP contribution is -2.08. The molecule has 26 heavy (non-hydrogen) atoms. The van der Waals surface area contributed by atoms with E-state index in [1.54, 1.807) is 12.1 Å². The van der Waals surface area contributed by atoms with Gasteiger partial charge in [0.25, 0.3) is 0 Å². The number of H-pyrrole nitrogens is 1. The zero-order chi connectivity index (χ0) is 18.1. The van der Waals surface area contributed by atoms with Crippen molar-refractivity contribution in [2.24, 2.45) is 0 Å². The van der Waals surface area contributed by atoms with Crippen LogP contribution < -0.4 is 5.32 Å². The van der Waals surface area contributed by atoms with Crippen molar-refractivity contribution in [2.75, 3.05) is 5.32 Å². The number of benzene rings is 2. The van der Waals surface area contributed by atoms with E-state index in [4.69, 9.17) is 11.6 Å². The third-order valence-corrected chi connectivity index (χ3v) is 4.34. The number of halogens is 2. The quantitative estimate of drug-likeness (QED) is 0.533. The lowest BCUT2D eigenvalue weighted by atomic mass is 10.1. The van der Waals surface area contributed by atoms with Crippen molar-refractivity contribution in [3.63, 3.8) is 0 Å². The van der Waals surface area contributed by atoms with Gasteiger partial charge in [-0.3, -0.25) is 5.10 Å². The number of hydrogen-bond donors (Lipinski definition) is 2. The Bertz CT molecular complexity index is 1060. The van der Waals surface area contributed by atoms with Crippen LogP contribution in [0.2, 0.25) is 5.15 Å². The average molecular weight is 368 g/mol. The van der Waals surface area contributed by atoms with Gasteiger partial charge in [0, 0.05) is 11.6 Å². The molecule has 0 aliphatic carbocycles. The van der Waals surface area contributed by atoms with Gasteiger partial charge in [-0.2, -0.15) is 5.10 Å². The van der Waals surface area contributed by atoms with Crippen molar-refractivity contribution in [1.29, 1.82) is 0 Å². The van der Waals surface area contributed by atoms with Gasteiger partial charge in [0.05, 0.1) is 17.6 Å². The smallest absolute Gasteiger partial charge is 0.200 e. The van der Waals surface area contributed by atoms with E-state index >= 15 is 0 Å². The minimum absolute atomic E-state index is 0.0475. The maximum absolute atomic E-state index is 14.3. The van der Waals surface area contributed by atoms with Crippen LogP contribution in [0.3, 0.4) is 0 Å². The Labute approximate surface area is 154 Å². The first-order valence-electron chi connectivity index (χ1n) is 8.10. The molecule has 0 unspecified atom stereocenters. The van der Waals surface area contributed by atoms with Gasteiger partial charge in [0.1, 0.15) is 16.5 Å². The first-order chi connectivity index (χ1) is 12.6. The Balaban J connectivity index is 1.71. The van der Waals surface area contributed by atoms with Crippen LogP contribution in [-0.4, -0.2) is 20.2 Å². The predicted octanol–water partition coefficient (Wildman–Crippen LogP) is 4.99. The van der Waals surface area contributed by atoms with E-state index in [9.17, 15) is 4.39 Å². The molecule has 0 spiro atoms. The lowest BCUT2D eigenvalue weighted by Gasteiger charge is -2.17. The van der Waals surface area contributed by atoms with Gasteiger partial charge in [-0.15, -0.1) is 0 Å². The van der Waals surface area contributed by atoms with Crippen molar-refractivity contribution in [2.45, 2.75) is 13.0 Å². The number of aromatic amines is 1. The molecule has 0 radical (unpaired) electrons. The van der Waals surface area contributed by atoms with Crippen LogP contribution in [-0.2, 0) is 0 Å². The maximum Gasteiger partial charge on any atom is 0.200 e. The fourth-order valence-corrected chi connectivity index (χ4v) is 2.96. The summed E-state index contributed by atoms with van der Waals surface area (Å²) in [5.41, 5.74) is 3.87. The Kier molecular flexibility index (Phi) is 4.26. The monoisotopic (exact) mass is 367 g/mol. The molecular weight excluding hydrogens is 353 g/mol. The number of nitrogens with one attached hydrogen (secondary N) is 2. The third-order valence-electron chi connectivity index (χ3n) is 4.16. The van der Waals surface area contributed by atoms with Gasteiger partial charge >= 0.3 is 0 Å². The molecule has 0 amide bonds. The highest BCUT2D eigenvalue weighted by Gasteiger charge is 2.14. The number of rotatable bonds is 4. The van der Waals surface area contributed by atoms with Crippen LogP contribution in [0.5, 0.6) is 0 Å². The molecule has 2 N–H and O–H groups in total. The molecule has 2 aromatic heterocycles. The molecule has 1 atom stereocenters. The summed E-state index contributed by atoms with van der Waals surface area (Å²) in [5.74, 6) is -0.329. The summed E-state index contributed by atoms with van der Waals surface area (Å²) in [4.78, 5) is 8.40. The summed E-state index contributed by atoms with van der Waals surface area (Å²) in [6.07, 6.45) is 1.44. The fraction of sp³-hybridized carbons (Fsp3) is 0.105. The summed E-state index contributed by atoms with van der Waals surface area (Å²) < 4.78 is 14.3. The Morgan fingerprint density at radius 2 is 1.96 bits per heavy atom. The summed E-state index contributed by atoms with van der Waals surface area (Å²) in [6, 6.07) is 14.6. The van der Waals surface area contributed by atoms with E-state index in [1.165, 1.54) is 12.3 Å².